The second-order valence-corrected chi connectivity index (χ2v) is 6.58. The van der Waals surface area contributed by atoms with Gasteiger partial charge in [0.2, 0.25) is 0 Å². The van der Waals surface area contributed by atoms with Crippen molar-refractivity contribution in [3.8, 4) is 0 Å². The number of aryl methyl sites for hydroxylation is 1. The van der Waals surface area contributed by atoms with Crippen molar-refractivity contribution in [1.82, 2.24) is 9.97 Å². The molecule has 0 aromatic carbocycles. The lowest BCUT2D eigenvalue weighted by atomic mass is 9.74. The summed E-state index contributed by atoms with van der Waals surface area (Å²) in [5, 5.41) is 13.7. The maximum atomic E-state index is 9.78. The summed E-state index contributed by atoms with van der Waals surface area (Å²) in [4.78, 5) is 8.90. The Labute approximate surface area is 132 Å². The third-order valence-electron chi connectivity index (χ3n) is 4.49. The van der Waals surface area contributed by atoms with Crippen LogP contribution in [0.1, 0.15) is 56.8 Å². The quantitative estimate of drug-likeness (QED) is 0.786. The minimum atomic E-state index is -0.00691. The second kappa shape index (κ2) is 7.41. The van der Waals surface area contributed by atoms with Crippen LogP contribution in [0, 0.1) is 12.3 Å². The fourth-order valence-corrected chi connectivity index (χ4v) is 3.19. The maximum Gasteiger partial charge on any atom is 0.137 e. The van der Waals surface area contributed by atoms with Crippen LogP contribution in [0.5, 0.6) is 0 Å². The topological polar surface area (TPSA) is 58.0 Å². The highest BCUT2D eigenvalue weighted by molar-refractivity contribution is 6.30. The summed E-state index contributed by atoms with van der Waals surface area (Å²) in [5.74, 6) is 1.61. The average Bonchev–Trinajstić information content (AvgIpc) is 2.50. The van der Waals surface area contributed by atoms with Gasteiger partial charge in [0, 0.05) is 23.9 Å². The lowest BCUT2D eigenvalue weighted by Crippen LogP contribution is -2.36. The number of nitrogens with zero attached hydrogens (tertiary/aromatic N) is 2. The van der Waals surface area contributed by atoms with Crippen LogP contribution in [0.2, 0.25) is 5.15 Å². The number of aliphatic hydroxyl groups is 1. The van der Waals surface area contributed by atoms with E-state index in [1.807, 2.05) is 6.92 Å². The van der Waals surface area contributed by atoms with Crippen LogP contribution in [0.4, 0.5) is 5.82 Å². The number of nitrogens with one attached hydrogen (secondary N) is 1. The van der Waals surface area contributed by atoms with Crippen molar-refractivity contribution in [2.24, 2.45) is 5.41 Å². The first-order valence-corrected chi connectivity index (χ1v) is 8.36. The third-order valence-corrected chi connectivity index (χ3v) is 4.85. The van der Waals surface area contributed by atoms with Gasteiger partial charge in [-0.25, -0.2) is 9.97 Å². The summed E-state index contributed by atoms with van der Waals surface area (Å²) in [7, 11) is 0. The minimum absolute atomic E-state index is 0.00691. The first-order chi connectivity index (χ1) is 10.1. The van der Waals surface area contributed by atoms with Crippen LogP contribution < -0.4 is 5.32 Å². The van der Waals surface area contributed by atoms with Crippen LogP contribution in [-0.2, 0) is 6.42 Å². The molecule has 4 nitrogen and oxygen atoms in total. The molecule has 0 aliphatic heterocycles. The Morgan fingerprint density at radius 1 is 1.24 bits per heavy atom. The van der Waals surface area contributed by atoms with Gasteiger partial charge in [-0.1, -0.05) is 37.8 Å². The predicted octanol–water partition coefficient (Wildman–Crippen LogP) is 3.75. The first-order valence-electron chi connectivity index (χ1n) is 7.98. The Morgan fingerprint density at radius 3 is 2.57 bits per heavy atom. The van der Waals surface area contributed by atoms with Crippen LogP contribution in [-0.4, -0.2) is 28.2 Å². The number of hydrogen-bond donors (Lipinski definition) is 2. The molecule has 1 aromatic rings. The van der Waals surface area contributed by atoms with Gasteiger partial charge >= 0.3 is 0 Å². The number of aliphatic hydroxyl groups excluding tert-OH is 1. The van der Waals surface area contributed by atoms with Gasteiger partial charge in [0.05, 0.1) is 6.61 Å². The minimum Gasteiger partial charge on any atom is -0.396 e. The van der Waals surface area contributed by atoms with E-state index in [0.29, 0.717) is 5.15 Å². The van der Waals surface area contributed by atoms with E-state index in [-0.39, 0.29) is 12.0 Å². The van der Waals surface area contributed by atoms with Gasteiger partial charge in [-0.2, -0.15) is 0 Å². The van der Waals surface area contributed by atoms with Gasteiger partial charge in [-0.05, 0) is 26.2 Å². The predicted molar refractivity (Wildman–Crippen MR) is 86.9 cm³/mol. The second-order valence-electron chi connectivity index (χ2n) is 6.23. The van der Waals surface area contributed by atoms with E-state index in [9.17, 15) is 5.11 Å². The summed E-state index contributed by atoms with van der Waals surface area (Å²) < 4.78 is 0. The van der Waals surface area contributed by atoms with Crippen molar-refractivity contribution in [2.75, 3.05) is 18.5 Å². The molecule has 0 bridgehead atoms. The van der Waals surface area contributed by atoms with Gasteiger partial charge in [-0.15, -0.1) is 0 Å². The van der Waals surface area contributed by atoms with Crippen LogP contribution in [0.25, 0.3) is 0 Å². The molecule has 2 N–H and O–H groups in total. The fraction of sp³-hybridized carbons (Fsp3) is 0.750. The Hall–Kier alpha value is -0.870. The Balaban J connectivity index is 2.11. The molecule has 118 valence electrons. The molecular weight excluding hydrogens is 286 g/mol. The molecule has 1 heterocycles. The summed E-state index contributed by atoms with van der Waals surface area (Å²) in [6.07, 6.45) is 7.67. The molecule has 0 saturated heterocycles. The smallest absolute Gasteiger partial charge is 0.137 e. The lowest BCUT2D eigenvalue weighted by Gasteiger charge is -2.36. The number of aromatic nitrogens is 2. The number of hydrogen-bond acceptors (Lipinski definition) is 4. The Kier molecular flexibility index (Phi) is 5.82. The van der Waals surface area contributed by atoms with E-state index < -0.39 is 0 Å². The highest BCUT2D eigenvalue weighted by Gasteiger charge is 2.31. The number of anilines is 1. The average molecular weight is 312 g/mol. The molecule has 1 saturated carbocycles. The van der Waals surface area contributed by atoms with Crippen molar-refractivity contribution in [1.29, 1.82) is 0 Å². The van der Waals surface area contributed by atoms with Crippen LogP contribution >= 0.6 is 11.6 Å². The molecule has 5 heteroatoms. The highest BCUT2D eigenvalue weighted by atomic mass is 35.5. The zero-order valence-electron chi connectivity index (χ0n) is 13.1. The molecular formula is C16H26ClN3O. The summed E-state index contributed by atoms with van der Waals surface area (Å²) in [6.45, 7) is 5.03. The van der Waals surface area contributed by atoms with Crippen molar-refractivity contribution < 1.29 is 5.11 Å². The van der Waals surface area contributed by atoms with Crippen molar-refractivity contribution in [2.45, 2.75) is 58.8 Å². The molecule has 21 heavy (non-hydrogen) atoms. The molecule has 0 radical (unpaired) electrons. The first kappa shape index (κ1) is 16.5. The van der Waals surface area contributed by atoms with Gasteiger partial charge in [0.15, 0.2) is 0 Å². The number of halogens is 1. The molecule has 1 fully saturated rings. The largest absolute Gasteiger partial charge is 0.396 e. The molecule has 0 spiro atoms. The van der Waals surface area contributed by atoms with Gasteiger partial charge in [-0.3, -0.25) is 0 Å². The van der Waals surface area contributed by atoms with E-state index in [4.69, 9.17) is 11.6 Å². The molecule has 1 aliphatic rings. The van der Waals surface area contributed by atoms with E-state index in [0.717, 1.165) is 49.4 Å². The van der Waals surface area contributed by atoms with Gasteiger partial charge in [0.25, 0.3) is 0 Å². The molecule has 0 amide bonds. The highest BCUT2D eigenvalue weighted by Crippen LogP contribution is 2.36. The maximum absolute atomic E-state index is 9.78. The van der Waals surface area contributed by atoms with Gasteiger partial charge < -0.3 is 10.4 Å². The van der Waals surface area contributed by atoms with E-state index in [1.54, 1.807) is 0 Å². The third kappa shape index (κ3) is 4.07. The van der Waals surface area contributed by atoms with E-state index in [1.165, 1.54) is 19.3 Å². The zero-order valence-corrected chi connectivity index (χ0v) is 13.8. The number of rotatable bonds is 6. The summed E-state index contributed by atoms with van der Waals surface area (Å²) in [6, 6.07) is 0. The molecule has 0 atom stereocenters. The SMILES string of the molecule is CCCc1nc(Cl)c(C)c(NCC2(CO)CCCCC2)n1. The van der Waals surface area contributed by atoms with E-state index in [2.05, 4.69) is 22.2 Å². The normalized spacial score (nSPS) is 17.7. The van der Waals surface area contributed by atoms with Crippen molar-refractivity contribution in [3.05, 3.63) is 16.5 Å². The lowest BCUT2D eigenvalue weighted by molar-refractivity contribution is 0.0943. The monoisotopic (exact) mass is 311 g/mol. The van der Waals surface area contributed by atoms with Crippen LogP contribution in [0.3, 0.4) is 0 Å². The van der Waals surface area contributed by atoms with E-state index >= 15 is 0 Å². The molecule has 0 unspecified atom stereocenters. The zero-order chi connectivity index (χ0) is 15.3. The summed E-state index contributed by atoms with van der Waals surface area (Å²) in [5.41, 5.74) is 0.882. The fourth-order valence-electron chi connectivity index (χ4n) is 3.00. The Morgan fingerprint density at radius 2 is 1.95 bits per heavy atom. The standard InChI is InChI=1S/C16H26ClN3O/c1-3-7-13-19-14(17)12(2)15(20-13)18-10-16(11-21)8-5-4-6-9-16/h21H,3-11H2,1-2H3,(H,18,19,20). The van der Waals surface area contributed by atoms with Crippen molar-refractivity contribution >= 4 is 17.4 Å². The molecule has 1 aliphatic carbocycles. The van der Waals surface area contributed by atoms with Gasteiger partial charge in [0.1, 0.15) is 16.8 Å². The molecule has 1 aromatic heterocycles. The Bertz CT molecular complexity index is 473. The van der Waals surface area contributed by atoms with Crippen LogP contribution in [0.15, 0.2) is 0 Å². The summed E-state index contributed by atoms with van der Waals surface area (Å²) >= 11 is 6.20. The molecule has 2 rings (SSSR count). The van der Waals surface area contributed by atoms with Crippen molar-refractivity contribution in [3.63, 3.8) is 0 Å².